The summed E-state index contributed by atoms with van der Waals surface area (Å²) in [5.41, 5.74) is 1.79. The molecule has 2 aromatic heterocycles. The number of phenolic OH excluding ortho intramolecular Hbond substituents is 1. The molecule has 0 saturated carbocycles. The number of aromatic nitrogens is 3. The Morgan fingerprint density at radius 3 is 2.86 bits per heavy atom. The van der Waals surface area contributed by atoms with Gasteiger partial charge in [0.15, 0.2) is 17.2 Å². The maximum atomic E-state index is 11.7. The first-order chi connectivity index (χ1) is 10.2. The second-order valence-corrected chi connectivity index (χ2v) is 4.55. The zero-order chi connectivity index (χ0) is 14.8. The Kier molecular flexibility index (Phi) is 3.27. The van der Waals surface area contributed by atoms with Gasteiger partial charge >= 0.3 is 5.97 Å². The topological polar surface area (TPSA) is 76.7 Å². The predicted molar refractivity (Wildman–Crippen MR) is 75.2 cm³/mol. The smallest absolute Gasteiger partial charge is 0.356 e. The van der Waals surface area contributed by atoms with E-state index in [1.807, 2.05) is 6.07 Å². The van der Waals surface area contributed by atoms with Crippen molar-refractivity contribution in [2.24, 2.45) is 0 Å². The first kappa shape index (κ1) is 13.1. The van der Waals surface area contributed by atoms with Gasteiger partial charge in [-0.1, -0.05) is 18.2 Å². The molecular weight excluding hydrogens is 270 g/mol. The van der Waals surface area contributed by atoms with Crippen LogP contribution < -0.4 is 0 Å². The lowest BCUT2D eigenvalue weighted by atomic mass is 10.1. The summed E-state index contributed by atoms with van der Waals surface area (Å²) in [7, 11) is 1.33. The maximum absolute atomic E-state index is 11.7. The predicted octanol–water partition coefficient (Wildman–Crippen LogP) is 1.81. The molecule has 1 aromatic carbocycles. The van der Waals surface area contributed by atoms with Gasteiger partial charge in [-0.3, -0.25) is 0 Å². The first-order valence-corrected chi connectivity index (χ1v) is 6.38. The summed E-state index contributed by atoms with van der Waals surface area (Å²) in [5.74, 6) is 0.304. The fraction of sp³-hybridized carbons (Fsp3) is 0.133. The van der Waals surface area contributed by atoms with Gasteiger partial charge in [0.2, 0.25) is 0 Å². The van der Waals surface area contributed by atoms with Gasteiger partial charge in [-0.05, 0) is 29.8 Å². The third-order valence-corrected chi connectivity index (χ3v) is 3.07. The van der Waals surface area contributed by atoms with Crippen molar-refractivity contribution >= 4 is 11.6 Å². The van der Waals surface area contributed by atoms with E-state index in [2.05, 4.69) is 10.1 Å². The number of ether oxygens (including phenoxy) is 1. The Balaban J connectivity index is 1.99. The minimum Gasteiger partial charge on any atom is -0.508 e. The van der Waals surface area contributed by atoms with Crippen LogP contribution in [0.2, 0.25) is 0 Å². The molecule has 0 aliphatic heterocycles. The van der Waals surface area contributed by atoms with Gasteiger partial charge in [-0.25, -0.2) is 14.3 Å². The minimum absolute atomic E-state index is 0.200. The number of rotatable bonds is 3. The number of phenols is 1. The number of methoxy groups -OCH3 is 1. The zero-order valence-electron chi connectivity index (χ0n) is 11.4. The summed E-state index contributed by atoms with van der Waals surface area (Å²) < 4.78 is 6.19. The number of aromatic hydroxyl groups is 1. The van der Waals surface area contributed by atoms with Crippen molar-refractivity contribution in [3.63, 3.8) is 0 Å². The van der Waals surface area contributed by atoms with Crippen LogP contribution in [0, 0.1) is 0 Å². The molecule has 0 aliphatic carbocycles. The van der Waals surface area contributed by atoms with Gasteiger partial charge in [-0.2, -0.15) is 5.10 Å². The van der Waals surface area contributed by atoms with Crippen molar-refractivity contribution in [3.8, 4) is 5.75 Å². The molecule has 6 heteroatoms. The Hall–Kier alpha value is -2.89. The van der Waals surface area contributed by atoms with Crippen LogP contribution in [-0.2, 0) is 11.2 Å². The van der Waals surface area contributed by atoms with Crippen LogP contribution in [0.15, 0.2) is 42.5 Å². The second kappa shape index (κ2) is 5.24. The van der Waals surface area contributed by atoms with Crippen LogP contribution in [0.3, 0.4) is 0 Å². The molecule has 0 aliphatic rings. The number of carbonyl (C=O) groups is 1. The zero-order valence-corrected chi connectivity index (χ0v) is 11.4. The highest BCUT2D eigenvalue weighted by Gasteiger charge is 2.13. The van der Waals surface area contributed by atoms with Crippen LogP contribution in [0.5, 0.6) is 5.75 Å². The molecule has 0 unspecified atom stereocenters. The Labute approximate surface area is 120 Å². The van der Waals surface area contributed by atoms with Crippen LogP contribution in [-0.4, -0.2) is 32.8 Å². The average Bonchev–Trinajstić information content (AvgIpc) is 2.88. The van der Waals surface area contributed by atoms with Gasteiger partial charge in [0.05, 0.1) is 7.11 Å². The highest BCUT2D eigenvalue weighted by molar-refractivity contribution is 5.88. The lowest BCUT2D eigenvalue weighted by Gasteiger charge is -2.00. The van der Waals surface area contributed by atoms with Crippen LogP contribution in [0.25, 0.3) is 5.65 Å². The molecule has 0 fully saturated rings. The molecule has 3 aromatic rings. The van der Waals surface area contributed by atoms with Crippen LogP contribution in [0.1, 0.15) is 21.9 Å². The lowest BCUT2D eigenvalue weighted by molar-refractivity contribution is 0.0591. The van der Waals surface area contributed by atoms with Crippen molar-refractivity contribution in [2.45, 2.75) is 6.42 Å². The third-order valence-electron chi connectivity index (χ3n) is 3.07. The van der Waals surface area contributed by atoms with Gasteiger partial charge < -0.3 is 9.84 Å². The van der Waals surface area contributed by atoms with E-state index in [9.17, 15) is 9.90 Å². The Morgan fingerprint density at radius 1 is 1.29 bits per heavy atom. The number of fused-ring (bicyclic) bond motifs is 1. The second-order valence-electron chi connectivity index (χ2n) is 4.55. The number of nitrogens with zero attached hydrogens (tertiary/aromatic N) is 3. The number of pyridine rings is 1. The van der Waals surface area contributed by atoms with Crippen molar-refractivity contribution < 1.29 is 14.6 Å². The molecule has 3 rings (SSSR count). The summed E-state index contributed by atoms with van der Waals surface area (Å²) >= 11 is 0. The Morgan fingerprint density at radius 2 is 2.10 bits per heavy atom. The van der Waals surface area contributed by atoms with E-state index in [1.54, 1.807) is 36.4 Å². The number of esters is 1. The van der Waals surface area contributed by atoms with Crippen LogP contribution in [0.4, 0.5) is 0 Å². The monoisotopic (exact) mass is 283 g/mol. The molecule has 21 heavy (non-hydrogen) atoms. The molecule has 0 amide bonds. The van der Waals surface area contributed by atoms with E-state index < -0.39 is 5.97 Å². The van der Waals surface area contributed by atoms with Crippen LogP contribution >= 0.6 is 0 Å². The quantitative estimate of drug-likeness (QED) is 0.742. The molecule has 106 valence electrons. The summed E-state index contributed by atoms with van der Waals surface area (Å²) in [6.45, 7) is 0. The minimum atomic E-state index is -0.464. The largest absolute Gasteiger partial charge is 0.508 e. The summed E-state index contributed by atoms with van der Waals surface area (Å²) in [4.78, 5) is 16.1. The van der Waals surface area contributed by atoms with Gasteiger partial charge in [0.1, 0.15) is 5.75 Å². The van der Waals surface area contributed by atoms with Gasteiger partial charge in [0.25, 0.3) is 0 Å². The molecular formula is C15H13N3O3. The van der Waals surface area contributed by atoms with Crippen molar-refractivity contribution in [3.05, 3.63) is 59.5 Å². The summed E-state index contributed by atoms with van der Waals surface area (Å²) in [6, 6.07) is 12.0. The number of hydrogen-bond donors (Lipinski definition) is 1. The van der Waals surface area contributed by atoms with E-state index >= 15 is 0 Å². The maximum Gasteiger partial charge on any atom is 0.356 e. The average molecular weight is 283 g/mol. The van der Waals surface area contributed by atoms with E-state index in [0.717, 1.165) is 5.56 Å². The Bertz CT molecular complexity index is 811. The highest BCUT2D eigenvalue weighted by Crippen LogP contribution is 2.15. The molecule has 0 saturated heterocycles. The van der Waals surface area contributed by atoms with Gasteiger partial charge in [0, 0.05) is 6.42 Å². The van der Waals surface area contributed by atoms with Gasteiger partial charge in [-0.15, -0.1) is 0 Å². The molecule has 0 bridgehead atoms. The summed E-state index contributed by atoms with van der Waals surface area (Å²) in [5, 5.41) is 13.8. The molecule has 0 atom stereocenters. The molecule has 0 radical (unpaired) electrons. The van der Waals surface area contributed by atoms with Crippen molar-refractivity contribution in [2.75, 3.05) is 7.11 Å². The fourth-order valence-corrected chi connectivity index (χ4v) is 2.13. The lowest BCUT2D eigenvalue weighted by Crippen LogP contribution is -2.08. The SMILES string of the molecule is COC(=O)c1cccc2nc(Cc3cccc(O)c3)nn12. The van der Waals surface area contributed by atoms with Crippen molar-refractivity contribution in [1.82, 2.24) is 14.6 Å². The molecule has 0 spiro atoms. The van der Waals surface area contributed by atoms with Crippen molar-refractivity contribution in [1.29, 1.82) is 0 Å². The molecule has 1 N–H and O–H groups in total. The third kappa shape index (κ3) is 2.55. The van der Waals surface area contributed by atoms with E-state index in [-0.39, 0.29) is 5.75 Å². The highest BCUT2D eigenvalue weighted by atomic mass is 16.5. The number of benzene rings is 1. The first-order valence-electron chi connectivity index (χ1n) is 6.38. The van der Waals surface area contributed by atoms with E-state index in [4.69, 9.17) is 4.74 Å². The number of hydrogen-bond acceptors (Lipinski definition) is 5. The fourth-order valence-electron chi connectivity index (χ4n) is 2.13. The van der Waals surface area contributed by atoms with E-state index in [1.165, 1.54) is 11.6 Å². The summed E-state index contributed by atoms with van der Waals surface area (Å²) in [6.07, 6.45) is 0.469. The molecule has 6 nitrogen and oxygen atoms in total. The van der Waals surface area contributed by atoms with E-state index in [0.29, 0.717) is 23.6 Å². The number of carbonyl (C=O) groups excluding carboxylic acids is 1. The normalized spacial score (nSPS) is 10.7. The standard InChI is InChI=1S/C15H13N3O3/c1-21-15(20)12-6-3-7-14-16-13(17-18(12)14)9-10-4-2-5-11(19)8-10/h2-8,19H,9H2,1H3. The molecule has 2 heterocycles.